The Hall–Kier alpha value is -1.18. The highest BCUT2D eigenvalue weighted by atomic mass is 79.9. The molecule has 1 fully saturated rings. The zero-order chi connectivity index (χ0) is 17.0. The first-order valence-corrected chi connectivity index (χ1v) is 7.45. The van der Waals surface area contributed by atoms with E-state index in [2.05, 4.69) is 26.0 Å². The summed E-state index contributed by atoms with van der Waals surface area (Å²) in [5, 5.41) is 4.08. The van der Waals surface area contributed by atoms with E-state index in [0.717, 1.165) is 5.46 Å². The number of rotatable bonds is 2. The van der Waals surface area contributed by atoms with E-state index < -0.39 is 18.3 Å². The van der Waals surface area contributed by atoms with Gasteiger partial charge in [-0.2, -0.15) is 5.10 Å². The third-order valence-electron chi connectivity index (χ3n) is 4.02. The largest absolute Gasteiger partial charge is 0.497 e. The number of halogens is 1. The van der Waals surface area contributed by atoms with Crippen molar-refractivity contribution in [1.29, 1.82) is 0 Å². The molecule has 21 heavy (non-hydrogen) atoms. The fraction of sp³-hybridized carbons (Fsp3) is 0.429. The van der Waals surface area contributed by atoms with Crippen LogP contribution in [0.2, 0.25) is 0 Å². The van der Waals surface area contributed by atoms with Crippen molar-refractivity contribution in [2.24, 2.45) is 0 Å². The van der Waals surface area contributed by atoms with Crippen molar-refractivity contribution in [1.82, 2.24) is 14.8 Å². The Labute approximate surface area is 135 Å². The summed E-state index contributed by atoms with van der Waals surface area (Å²) >= 11 is 3.20. The second-order valence-corrected chi connectivity index (χ2v) is 6.77. The summed E-state index contributed by atoms with van der Waals surface area (Å²) in [5.74, 6) is 0. The van der Waals surface area contributed by atoms with Gasteiger partial charge in [-0.1, -0.05) is 0 Å². The van der Waals surface area contributed by atoms with Crippen LogP contribution in [0.5, 0.6) is 0 Å². The van der Waals surface area contributed by atoms with E-state index in [9.17, 15) is 0 Å². The molecule has 0 saturated carbocycles. The molecule has 0 radical (unpaired) electrons. The maximum Gasteiger partial charge on any atom is 0.497 e. The molecule has 0 aromatic carbocycles. The Morgan fingerprint density at radius 2 is 1.95 bits per heavy atom. The predicted molar refractivity (Wildman–Crippen MR) is 84.8 cm³/mol. The lowest BCUT2D eigenvalue weighted by molar-refractivity contribution is 0.00578. The van der Waals surface area contributed by atoms with E-state index in [1.165, 1.54) is 4.68 Å². The van der Waals surface area contributed by atoms with Gasteiger partial charge in [0.1, 0.15) is 0 Å². The molecule has 0 spiro atoms. The van der Waals surface area contributed by atoms with E-state index in [1.807, 2.05) is 27.7 Å². The number of nitrogens with zero attached hydrogens (tertiary/aromatic N) is 3. The Balaban J connectivity index is 2.08. The first-order valence-electron chi connectivity index (χ1n) is 7.66. The van der Waals surface area contributed by atoms with Crippen molar-refractivity contribution in [3.8, 4) is 5.69 Å². The van der Waals surface area contributed by atoms with Crippen molar-refractivity contribution < 1.29 is 12.1 Å². The predicted octanol–water partition coefficient (Wildman–Crippen LogP) is 2.33. The quantitative estimate of drug-likeness (QED) is 0.779. The molecule has 1 saturated heterocycles. The highest BCUT2D eigenvalue weighted by Crippen LogP contribution is 2.36. The first kappa shape index (κ1) is 12.4. The van der Waals surface area contributed by atoms with E-state index in [1.54, 1.807) is 18.5 Å². The molecule has 1 aliphatic rings. The lowest BCUT2D eigenvalue weighted by Crippen LogP contribution is -2.41. The molecule has 7 heteroatoms. The molecule has 1 aliphatic heterocycles. The monoisotopic (exact) mass is 351 g/mol. The van der Waals surface area contributed by atoms with Crippen molar-refractivity contribution in [3.63, 3.8) is 0 Å². The van der Waals surface area contributed by atoms with Crippen LogP contribution in [-0.2, 0) is 9.31 Å². The minimum atomic E-state index is -0.588. The van der Waals surface area contributed by atoms with Gasteiger partial charge in [0.05, 0.1) is 36.5 Å². The Morgan fingerprint density at radius 3 is 2.52 bits per heavy atom. The average Bonchev–Trinajstić information content (AvgIpc) is 2.86. The molecule has 2 aromatic heterocycles. The van der Waals surface area contributed by atoms with Crippen molar-refractivity contribution in [2.45, 2.75) is 38.9 Å². The normalized spacial score (nSPS) is 21.3. The van der Waals surface area contributed by atoms with Gasteiger partial charge in [0.25, 0.3) is 0 Å². The van der Waals surface area contributed by atoms with Gasteiger partial charge in [0.15, 0.2) is 0 Å². The third-order valence-corrected chi connectivity index (χ3v) is 4.37. The van der Waals surface area contributed by atoms with Gasteiger partial charge < -0.3 is 9.31 Å². The molecule has 0 N–H and O–H groups in total. The van der Waals surface area contributed by atoms with Gasteiger partial charge in [0.2, 0.25) is 0 Å². The smallest absolute Gasteiger partial charge is 0.399 e. The van der Waals surface area contributed by atoms with Gasteiger partial charge in [0, 0.05) is 17.8 Å². The van der Waals surface area contributed by atoms with Crippen molar-refractivity contribution >= 4 is 28.5 Å². The molecule has 2 aromatic rings. The Bertz CT molecular complexity index is 750. The fourth-order valence-electron chi connectivity index (χ4n) is 2.09. The molecule has 3 heterocycles. The second kappa shape index (κ2) is 4.93. The third kappa shape index (κ3) is 2.54. The summed E-state index contributed by atoms with van der Waals surface area (Å²) in [6.07, 6.45) is 3.32. The van der Waals surface area contributed by atoms with E-state index in [-0.39, 0.29) is 12.3 Å². The highest BCUT2D eigenvalue weighted by Gasteiger charge is 2.52. The summed E-state index contributed by atoms with van der Waals surface area (Å²) in [4.78, 5) is 4.11. The van der Waals surface area contributed by atoms with Crippen LogP contribution in [0.25, 0.3) is 5.69 Å². The van der Waals surface area contributed by atoms with E-state index in [4.69, 9.17) is 12.1 Å². The minimum absolute atomic E-state index is 0.00118. The van der Waals surface area contributed by atoms with Gasteiger partial charge >= 0.3 is 7.12 Å². The van der Waals surface area contributed by atoms with Gasteiger partial charge in [-0.05, 0) is 49.7 Å². The first-order chi connectivity index (χ1) is 10.6. The second-order valence-electron chi connectivity index (χ2n) is 5.97. The van der Waals surface area contributed by atoms with Crippen LogP contribution in [0.4, 0.5) is 0 Å². The lowest BCUT2D eigenvalue weighted by Gasteiger charge is -2.32. The van der Waals surface area contributed by atoms with Crippen LogP contribution in [0.3, 0.4) is 0 Å². The standard InChI is InChI=1S/C14H17BBrN3O2/c1-13(2)14(3,4)21-15(20-13)11-5-6-17-8-12(11)19-9-10(16)7-18-19/h5-9H,1-4H3/i7D,9D. The van der Waals surface area contributed by atoms with Crippen LogP contribution in [-0.4, -0.2) is 33.1 Å². The average molecular weight is 352 g/mol. The number of aromatic nitrogens is 3. The lowest BCUT2D eigenvalue weighted by atomic mass is 9.78. The zero-order valence-electron chi connectivity index (χ0n) is 14.3. The summed E-state index contributed by atoms with van der Waals surface area (Å²) in [7, 11) is -0.588. The number of hydrogen-bond acceptors (Lipinski definition) is 4. The van der Waals surface area contributed by atoms with E-state index >= 15 is 0 Å². The maximum absolute atomic E-state index is 8.10. The molecular weight excluding hydrogens is 333 g/mol. The zero-order valence-corrected chi connectivity index (χ0v) is 13.9. The van der Waals surface area contributed by atoms with Crippen LogP contribution in [0.1, 0.15) is 30.4 Å². The molecule has 3 rings (SSSR count). The van der Waals surface area contributed by atoms with E-state index in [0.29, 0.717) is 10.2 Å². The minimum Gasteiger partial charge on any atom is -0.399 e. The topological polar surface area (TPSA) is 49.2 Å². The molecule has 0 unspecified atom stereocenters. The fourth-order valence-corrected chi connectivity index (χ4v) is 2.34. The molecule has 0 amide bonds. The Kier molecular flexibility index (Phi) is 2.91. The van der Waals surface area contributed by atoms with Gasteiger partial charge in [-0.15, -0.1) is 0 Å². The molecule has 0 aliphatic carbocycles. The molecular formula is C14H17BBrN3O2. The maximum atomic E-state index is 8.10. The summed E-state index contributed by atoms with van der Waals surface area (Å²) in [5.41, 5.74) is 0.359. The molecule has 0 atom stereocenters. The SMILES string of the molecule is [2H]c1nn(-c2cnccc2B2OC(C)(C)C(C)(C)O2)c([2H])c1Br. The van der Waals surface area contributed by atoms with Crippen molar-refractivity contribution in [2.75, 3.05) is 0 Å². The van der Waals surface area contributed by atoms with Gasteiger partial charge in [-0.3, -0.25) is 4.98 Å². The summed E-state index contributed by atoms with van der Waals surface area (Å²) < 4.78 is 29.7. The highest BCUT2D eigenvalue weighted by molar-refractivity contribution is 9.10. The molecule has 5 nitrogen and oxygen atoms in total. The summed E-state index contributed by atoms with van der Waals surface area (Å²) in [6, 6.07) is 1.79. The molecule has 0 bridgehead atoms. The number of pyridine rings is 1. The van der Waals surface area contributed by atoms with Crippen molar-refractivity contribution in [3.05, 3.63) is 35.3 Å². The number of hydrogen-bond donors (Lipinski definition) is 0. The van der Waals surface area contributed by atoms with Gasteiger partial charge in [-0.25, -0.2) is 4.68 Å². The summed E-state index contributed by atoms with van der Waals surface area (Å²) in [6.45, 7) is 7.93. The van der Waals surface area contributed by atoms with Crippen LogP contribution >= 0.6 is 15.9 Å². The van der Waals surface area contributed by atoms with Crippen LogP contribution in [0, 0.1) is 0 Å². The van der Waals surface area contributed by atoms with Crippen LogP contribution in [0.15, 0.2) is 35.3 Å². The molecule has 110 valence electrons. The Morgan fingerprint density at radius 1 is 1.29 bits per heavy atom. The van der Waals surface area contributed by atoms with Crippen LogP contribution < -0.4 is 5.46 Å².